The Balaban J connectivity index is 1.26. The molecule has 0 radical (unpaired) electrons. The maximum atomic E-state index is 12.6. The van der Waals surface area contributed by atoms with Crippen LogP contribution in [0.4, 0.5) is 10.5 Å². The molecule has 30 heavy (non-hydrogen) atoms. The van der Waals surface area contributed by atoms with Gasteiger partial charge in [-0.05, 0) is 41.4 Å². The summed E-state index contributed by atoms with van der Waals surface area (Å²) < 4.78 is 0. The van der Waals surface area contributed by atoms with Crippen LogP contribution in [0.5, 0.6) is 0 Å². The molecule has 1 N–H and O–H groups in total. The molecule has 0 atom stereocenters. The number of carbonyl (C=O) groups excluding carboxylic acids is 1. The van der Waals surface area contributed by atoms with Crippen molar-refractivity contribution in [2.75, 3.05) is 18.9 Å². The van der Waals surface area contributed by atoms with Crippen LogP contribution in [-0.2, 0) is 19.6 Å². The van der Waals surface area contributed by atoms with Gasteiger partial charge in [0.1, 0.15) is 0 Å². The van der Waals surface area contributed by atoms with Crippen molar-refractivity contribution in [3.05, 3.63) is 107 Å². The molecule has 2 amide bonds. The van der Waals surface area contributed by atoms with E-state index >= 15 is 0 Å². The molecule has 4 rings (SSSR count). The molecule has 3 aromatic carbocycles. The Morgan fingerprint density at radius 3 is 2.23 bits per heavy atom. The van der Waals surface area contributed by atoms with Gasteiger partial charge in [-0.15, -0.1) is 0 Å². The molecule has 1 aliphatic rings. The Morgan fingerprint density at radius 1 is 0.933 bits per heavy atom. The highest BCUT2D eigenvalue weighted by molar-refractivity contribution is 5.89. The largest absolute Gasteiger partial charge is 0.322 e. The summed E-state index contributed by atoms with van der Waals surface area (Å²) in [5.74, 6) is 0. The molecule has 152 valence electrons. The van der Waals surface area contributed by atoms with Crippen molar-refractivity contribution in [3.8, 4) is 0 Å². The molecule has 0 aromatic heterocycles. The summed E-state index contributed by atoms with van der Waals surface area (Å²) in [6.07, 6.45) is 4.28. The lowest BCUT2D eigenvalue weighted by Gasteiger charge is -2.16. The molecule has 0 fully saturated rings. The number of anilines is 1. The summed E-state index contributed by atoms with van der Waals surface area (Å²) in [5, 5.41) is 3.00. The molecule has 4 heteroatoms. The van der Waals surface area contributed by atoms with Crippen molar-refractivity contribution in [1.82, 2.24) is 9.80 Å². The quantitative estimate of drug-likeness (QED) is 0.606. The molecule has 0 aliphatic carbocycles. The van der Waals surface area contributed by atoms with Crippen molar-refractivity contribution in [1.29, 1.82) is 0 Å². The van der Waals surface area contributed by atoms with Crippen LogP contribution in [0.15, 0.2) is 84.9 Å². The number of nitrogens with one attached hydrogen (secondary N) is 1. The van der Waals surface area contributed by atoms with Crippen LogP contribution in [0, 0.1) is 0 Å². The van der Waals surface area contributed by atoms with Gasteiger partial charge in [-0.2, -0.15) is 0 Å². The second-order valence-electron chi connectivity index (χ2n) is 7.76. The topological polar surface area (TPSA) is 35.6 Å². The van der Waals surface area contributed by atoms with E-state index in [-0.39, 0.29) is 6.03 Å². The van der Waals surface area contributed by atoms with Gasteiger partial charge in [0.25, 0.3) is 0 Å². The average Bonchev–Trinajstić information content (AvgIpc) is 3.20. The maximum absolute atomic E-state index is 12.6. The van der Waals surface area contributed by atoms with Gasteiger partial charge in [-0.1, -0.05) is 78.9 Å². The van der Waals surface area contributed by atoms with Crippen molar-refractivity contribution in [2.45, 2.75) is 19.6 Å². The summed E-state index contributed by atoms with van der Waals surface area (Å²) in [6.45, 7) is 3.14. The second-order valence-corrected chi connectivity index (χ2v) is 7.76. The lowest BCUT2D eigenvalue weighted by atomic mass is 10.1. The first kappa shape index (κ1) is 19.9. The number of hydrogen-bond donors (Lipinski definition) is 1. The number of amides is 2. The minimum Gasteiger partial charge on any atom is -0.316 e. The molecule has 3 aromatic rings. The predicted octanol–water partition coefficient (Wildman–Crippen LogP) is 5.38. The highest BCUT2D eigenvalue weighted by Crippen LogP contribution is 2.23. The zero-order valence-electron chi connectivity index (χ0n) is 17.3. The number of urea groups is 1. The monoisotopic (exact) mass is 397 g/mol. The normalized spacial score (nSPS) is 13.1. The van der Waals surface area contributed by atoms with Crippen molar-refractivity contribution in [2.24, 2.45) is 0 Å². The number of carbonyl (C=O) groups is 1. The van der Waals surface area contributed by atoms with E-state index in [1.54, 1.807) is 0 Å². The van der Waals surface area contributed by atoms with E-state index in [0.29, 0.717) is 13.1 Å². The summed E-state index contributed by atoms with van der Waals surface area (Å²) in [6, 6.07) is 26.6. The van der Waals surface area contributed by atoms with Gasteiger partial charge in [-0.3, -0.25) is 4.90 Å². The van der Waals surface area contributed by atoms with E-state index in [9.17, 15) is 4.79 Å². The fraction of sp³-hybridized carbons (Fsp3) is 0.192. The number of hydrogen-bond acceptors (Lipinski definition) is 2. The van der Waals surface area contributed by atoms with Crippen LogP contribution in [-0.4, -0.2) is 29.4 Å². The fourth-order valence-electron chi connectivity index (χ4n) is 3.69. The third-order valence-corrected chi connectivity index (χ3v) is 5.31. The van der Waals surface area contributed by atoms with E-state index in [0.717, 1.165) is 24.3 Å². The summed E-state index contributed by atoms with van der Waals surface area (Å²) in [5.41, 5.74) is 5.70. The fourth-order valence-corrected chi connectivity index (χ4v) is 3.69. The average molecular weight is 398 g/mol. The number of rotatable bonds is 6. The third-order valence-electron chi connectivity index (χ3n) is 5.31. The third kappa shape index (κ3) is 5.16. The molecule has 0 bridgehead atoms. The zero-order chi connectivity index (χ0) is 20.8. The Hall–Kier alpha value is -3.37. The lowest BCUT2D eigenvalue weighted by Crippen LogP contribution is -2.30. The maximum Gasteiger partial charge on any atom is 0.322 e. The lowest BCUT2D eigenvalue weighted by molar-refractivity contribution is 0.212. The second kappa shape index (κ2) is 9.42. The number of benzene rings is 3. The van der Waals surface area contributed by atoms with E-state index in [4.69, 9.17) is 0 Å². The molecule has 0 saturated carbocycles. The zero-order valence-corrected chi connectivity index (χ0v) is 17.3. The Morgan fingerprint density at radius 2 is 1.57 bits per heavy atom. The van der Waals surface area contributed by atoms with E-state index in [2.05, 4.69) is 65.8 Å². The first-order valence-electron chi connectivity index (χ1n) is 10.3. The van der Waals surface area contributed by atoms with Gasteiger partial charge in [0.2, 0.25) is 0 Å². The summed E-state index contributed by atoms with van der Waals surface area (Å²) >= 11 is 0. The first-order valence-corrected chi connectivity index (χ1v) is 10.3. The Bertz CT molecular complexity index is 987. The highest BCUT2D eigenvalue weighted by Gasteiger charge is 2.22. The molecule has 1 heterocycles. The first-order chi connectivity index (χ1) is 14.7. The smallest absolute Gasteiger partial charge is 0.316 e. The number of fused-ring (bicyclic) bond motifs is 1. The van der Waals surface area contributed by atoms with Gasteiger partial charge in [0.15, 0.2) is 0 Å². The predicted molar refractivity (Wildman–Crippen MR) is 123 cm³/mol. The van der Waals surface area contributed by atoms with Crippen molar-refractivity contribution >= 4 is 17.8 Å². The highest BCUT2D eigenvalue weighted by atomic mass is 16.2. The van der Waals surface area contributed by atoms with E-state index in [1.807, 2.05) is 47.4 Å². The van der Waals surface area contributed by atoms with Crippen molar-refractivity contribution in [3.63, 3.8) is 0 Å². The van der Waals surface area contributed by atoms with Gasteiger partial charge in [0.05, 0.1) is 0 Å². The number of likely N-dealkylation sites (N-methyl/N-ethyl adjacent to an activating group) is 1. The number of nitrogens with zero attached hydrogens (tertiary/aromatic N) is 2. The minimum atomic E-state index is -0.0583. The van der Waals surface area contributed by atoms with E-state index < -0.39 is 0 Å². The van der Waals surface area contributed by atoms with Crippen LogP contribution in [0.3, 0.4) is 0 Å². The Kier molecular flexibility index (Phi) is 6.26. The van der Waals surface area contributed by atoms with Gasteiger partial charge in [0, 0.05) is 31.9 Å². The molecular weight excluding hydrogens is 370 g/mol. The summed E-state index contributed by atoms with van der Waals surface area (Å²) in [4.78, 5) is 16.7. The molecule has 4 nitrogen and oxygen atoms in total. The van der Waals surface area contributed by atoms with Crippen LogP contribution >= 0.6 is 0 Å². The van der Waals surface area contributed by atoms with Crippen LogP contribution in [0.2, 0.25) is 0 Å². The van der Waals surface area contributed by atoms with Crippen molar-refractivity contribution < 1.29 is 4.79 Å². The van der Waals surface area contributed by atoms with Crippen LogP contribution < -0.4 is 5.32 Å². The standard InChI is InChI=1S/C26H27N3O/c1-28(18-22-8-3-2-4-9-22)17-7-10-21-13-15-25(16-14-21)27-26(30)29-19-23-11-5-6-12-24(23)20-29/h2-16H,17-20H2,1H3,(H,27,30)/b10-7+. The SMILES string of the molecule is CN(C/C=C/c1ccc(NC(=O)N2Cc3ccccc3C2)cc1)Cc1ccccc1. The van der Waals surface area contributed by atoms with Gasteiger partial charge >= 0.3 is 6.03 Å². The van der Waals surface area contributed by atoms with Crippen LogP contribution in [0.25, 0.3) is 6.08 Å². The summed E-state index contributed by atoms with van der Waals surface area (Å²) in [7, 11) is 2.12. The molecule has 1 aliphatic heterocycles. The molecule has 0 saturated heterocycles. The van der Waals surface area contributed by atoms with Gasteiger partial charge < -0.3 is 10.2 Å². The minimum absolute atomic E-state index is 0.0583. The Labute approximate surface area is 178 Å². The van der Waals surface area contributed by atoms with Gasteiger partial charge in [-0.25, -0.2) is 4.79 Å². The van der Waals surface area contributed by atoms with Crippen LogP contribution in [0.1, 0.15) is 22.3 Å². The van der Waals surface area contributed by atoms with E-state index in [1.165, 1.54) is 16.7 Å². The molecule has 0 spiro atoms. The molecule has 0 unspecified atom stereocenters. The molecular formula is C26H27N3O.